The van der Waals surface area contributed by atoms with Crippen molar-refractivity contribution in [2.75, 3.05) is 7.11 Å². The first kappa shape index (κ1) is 21.0. The maximum atomic E-state index is 14.1. The Morgan fingerprint density at radius 1 is 1.08 bits per heavy atom. The molecular weight excluding hydrogens is 376 g/mol. The lowest BCUT2D eigenvalue weighted by Gasteiger charge is -2.12. The number of methoxy groups -OCH3 is 1. The first-order chi connectivity index (χ1) is 12.1. The highest BCUT2D eigenvalue weighted by atomic mass is 35.5. The summed E-state index contributed by atoms with van der Waals surface area (Å²) in [5, 5.41) is -0.237. The van der Waals surface area contributed by atoms with Crippen LogP contribution in [-0.4, -0.2) is 18.5 Å². The van der Waals surface area contributed by atoms with Crippen molar-refractivity contribution in [3.05, 3.63) is 34.4 Å². The highest BCUT2D eigenvalue weighted by Crippen LogP contribution is 2.62. The van der Waals surface area contributed by atoms with Crippen LogP contribution in [0.1, 0.15) is 38.3 Å². The molecule has 146 valence electrons. The number of rotatable bonds is 7. The lowest BCUT2D eigenvalue weighted by molar-refractivity contribution is -0.147. The first-order valence-electron chi connectivity index (χ1n) is 8.22. The fourth-order valence-electron chi connectivity index (χ4n) is 3.41. The highest BCUT2D eigenvalue weighted by Gasteiger charge is 2.64. The van der Waals surface area contributed by atoms with E-state index in [1.165, 1.54) is 0 Å². The molecule has 2 rings (SSSR count). The molecule has 0 N–H and O–H groups in total. The van der Waals surface area contributed by atoms with Crippen molar-refractivity contribution in [1.82, 2.24) is 0 Å². The van der Waals surface area contributed by atoms with Gasteiger partial charge >= 0.3 is 5.97 Å². The van der Waals surface area contributed by atoms with Gasteiger partial charge in [-0.1, -0.05) is 20.8 Å². The van der Waals surface area contributed by atoms with Gasteiger partial charge in [0.05, 0.1) is 23.7 Å². The minimum atomic E-state index is -1.60. The summed E-state index contributed by atoms with van der Waals surface area (Å²) in [5.74, 6) is -7.67. The van der Waals surface area contributed by atoms with Gasteiger partial charge in [0, 0.05) is 12.5 Å². The van der Waals surface area contributed by atoms with E-state index in [4.69, 9.17) is 16.3 Å². The molecule has 0 saturated heterocycles. The Balaban J connectivity index is 2.17. The molecule has 1 fully saturated rings. The van der Waals surface area contributed by atoms with Crippen LogP contribution in [0.5, 0.6) is 0 Å². The Bertz CT molecular complexity index is 679. The second kappa shape index (κ2) is 7.72. The van der Waals surface area contributed by atoms with Crippen molar-refractivity contribution in [1.29, 1.82) is 0 Å². The van der Waals surface area contributed by atoms with Crippen molar-refractivity contribution in [3.63, 3.8) is 0 Å². The molecule has 3 nitrogen and oxygen atoms in total. The first-order valence-corrected chi connectivity index (χ1v) is 8.66. The number of hydrogen-bond donors (Lipinski definition) is 0. The summed E-state index contributed by atoms with van der Waals surface area (Å²) < 4.78 is 65.4. The third-order valence-electron chi connectivity index (χ3n) is 5.04. The van der Waals surface area contributed by atoms with Crippen molar-refractivity contribution >= 4 is 17.6 Å². The van der Waals surface area contributed by atoms with Crippen LogP contribution in [0.2, 0.25) is 0 Å². The van der Waals surface area contributed by atoms with E-state index in [1.54, 1.807) is 0 Å². The van der Waals surface area contributed by atoms with Gasteiger partial charge in [0.15, 0.2) is 23.3 Å². The molecule has 26 heavy (non-hydrogen) atoms. The van der Waals surface area contributed by atoms with E-state index in [9.17, 15) is 22.4 Å². The molecule has 1 aliphatic rings. The van der Waals surface area contributed by atoms with Crippen LogP contribution >= 0.6 is 11.6 Å². The number of carbonyl (C=O) groups is 1. The average molecular weight is 397 g/mol. The Morgan fingerprint density at radius 3 is 1.96 bits per heavy atom. The molecule has 3 atom stereocenters. The van der Waals surface area contributed by atoms with Gasteiger partial charge in [-0.3, -0.25) is 4.79 Å². The molecule has 0 radical (unpaired) electrons. The van der Waals surface area contributed by atoms with Crippen molar-refractivity contribution in [2.24, 2.45) is 17.3 Å². The maximum absolute atomic E-state index is 14.1. The monoisotopic (exact) mass is 396 g/mol. The summed E-state index contributed by atoms with van der Waals surface area (Å²) in [6.45, 7) is 4.03. The molecule has 0 spiro atoms. The van der Waals surface area contributed by atoms with E-state index in [0.717, 1.165) is 7.11 Å². The Hall–Kier alpha value is -1.34. The normalized spacial score (nSPS) is 22.2. The summed E-state index contributed by atoms with van der Waals surface area (Å²) in [4.78, 5) is 12.3. The quantitative estimate of drug-likeness (QED) is 0.289. The predicted molar refractivity (Wildman–Crippen MR) is 87.5 cm³/mol. The van der Waals surface area contributed by atoms with E-state index in [1.807, 2.05) is 20.8 Å². The molecule has 1 unspecified atom stereocenters. The molecule has 1 saturated carbocycles. The van der Waals surface area contributed by atoms with Gasteiger partial charge in [-0.25, -0.2) is 17.6 Å². The summed E-state index contributed by atoms with van der Waals surface area (Å²) in [5.41, 5.74) is -2.23. The van der Waals surface area contributed by atoms with Gasteiger partial charge in [-0.2, -0.15) is 0 Å². The van der Waals surface area contributed by atoms with Crippen LogP contribution in [0, 0.1) is 40.5 Å². The van der Waals surface area contributed by atoms with Crippen LogP contribution < -0.4 is 0 Å². The fraction of sp³-hybridized carbons (Fsp3) is 0.611. The van der Waals surface area contributed by atoms with Crippen molar-refractivity contribution in [3.8, 4) is 0 Å². The predicted octanol–water partition coefficient (Wildman–Crippen LogP) is 4.72. The number of halogens is 5. The van der Waals surface area contributed by atoms with Crippen molar-refractivity contribution < 1.29 is 31.8 Å². The third-order valence-corrected chi connectivity index (χ3v) is 5.62. The van der Waals surface area contributed by atoms with Gasteiger partial charge in [0.2, 0.25) is 0 Å². The highest BCUT2D eigenvalue weighted by molar-refractivity contribution is 6.21. The molecule has 1 aromatic rings. The van der Waals surface area contributed by atoms with E-state index >= 15 is 0 Å². The number of esters is 1. The Morgan fingerprint density at radius 2 is 1.54 bits per heavy atom. The molecule has 0 heterocycles. The largest absolute Gasteiger partial charge is 0.460 e. The molecule has 0 aliphatic heterocycles. The molecule has 0 aromatic heterocycles. The van der Waals surface area contributed by atoms with Crippen LogP contribution in [0.4, 0.5) is 17.6 Å². The number of ether oxygens (including phenoxy) is 2. The van der Waals surface area contributed by atoms with Gasteiger partial charge in [0.1, 0.15) is 6.61 Å². The van der Waals surface area contributed by atoms with Gasteiger partial charge in [0.25, 0.3) is 0 Å². The lowest BCUT2D eigenvalue weighted by Crippen LogP contribution is -2.15. The number of alkyl halides is 1. The topological polar surface area (TPSA) is 35.5 Å². The van der Waals surface area contributed by atoms with E-state index in [-0.39, 0.29) is 11.3 Å². The van der Waals surface area contributed by atoms with Gasteiger partial charge in [-0.05, 0) is 17.8 Å². The third kappa shape index (κ3) is 3.56. The SMILES string of the molecule is CCC(Cl)[C@@H]1[C@@H](C(=O)OCc2c(F)c(F)c(COC)c(F)c2F)C1(C)C. The average Bonchev–Trinajstić information content (AvgIpc) is 3.18. The summed E-state index contributed by atoms with van der Waals surface area (Å²) in [6, 6.07) is 0. The summed E-state index contributed by atoms with van der Waals surface area (Å²) in [7, 11) is 1.14. The molecule has 0 bridgehead atoms. The number of benzene rings is 1. The maximum Gasteiger partial charge on any atom is 0.310 e. The molecule has 0 amide bonds. The van der Waals surface area contributed by atoms with Crippen molar-refractivity contribution in [2.45, 2.75) is 45.8 Å². The zero-order valence-corrected chi connectivity index (χ0v) is 15.7. The van der Waals surface area contributed by atoms with E-state index in [0.29, 0.717) is 6.42 Å². The minimum absolute atomic E-state index is 0.131. The molecule has 1 aromatic carbocycles. The van der Waals surface area contributed by atoms with Crippen LogP contribution in [0.15, 0.2) is 0 Å². The van der Waals surface area contributed by atoms with Crippen LogP contribution in [-0.2, 0) is 27.5 Å². The lowest BCUT2D eigenvalue weighted by atomic mass is 10.1. The number of hydrogen-bond acceptors (Lipinski definition) is 3. The zero-order chi connectivity index (χ0) is 19.8. The Labute approximate surface area is 154 Å². The number of carbonyl (C=O) groups excluding carboxylic acids is 1. The standard InChI is InChI=1S/C18H21ClF4O3/c1-5-10(19)11-12(18(11,2)3)17(24)26-7-9-15(22)13(20)8(6-25-4)14(21)16(9)23/h10-12H,5-7H2,1-4H3/t10?,11-,12+/m1/s1. The minimum Gasteiger partial charge on any atom is -0.460 e. The smallest absolute Gasteiger partial charge is 0.310 e. The second-order valence-corrected chi connectivity index (χ2v) is 7.56. The molecule has 8 heteroatoms. The van der Waals surface area contributed by atoms with E-state index < -0.39 is 64.9 Å². The molecule has 1 aliphatic carbocycles. The summed E-state index contributed by atoms with van der Waals surface area (Å²) in [6.07, 6.45) is 0.653. The van der Waals surface area contributed by atoms with Gasteiger partial charge in [-0.15, -0.1) is 11.6 Å². The summed E-state index contributed by atoms with van der Waals surface area (Å²) >= 11 is 6.20. The van der Waals surface area contributed by atoms with E-state index in [2.05, 4.69) is 4.74 Å². The fourth-order valence-corrected chi connectivity index (χ4v) is 3.88. The molecular formula is C18H21ClF4O3. The second-order valence-electron chi connectivity index (χ2n) is 7.00. The van der Waals surface area contributed by atoms with Crippen LogP contribution in [0.3, 0.4) is 0 Å². The zero-order valence-electron chi connectivity index (χ0n) is 15.0. The van der Waals surface area contributed by atoms with Crippen LogP contribution in [0.25, 0.3) is 0 Å². The van der Waals surface area contributed by atoms with Gasteiger partial charge < -0.3 is 9.47 Å². The Kier molecular flexibility index (Phi) is 6.23.